The molecular weight excluding hydrogens is 190 g/mol. The van der Waals surface area contributed by atoms with E-state index in [2.05, 4.69) is 35.7 Å². The van der Waals surface area contributed by atoms with E-state index in [-0.39, 0.29) is 0 Å². The molecule has 0 aromatic heterocycles. The van der Waals surface area contributed by atoms with Crippen LogP contribution in [0.3, 0.4) is 0 Å². The molecule has 0 bridgehead atoms. The van der Waals surface area contributed by atoms with Crippen LogP contribution in [-0.2, 0) is 0 Å². The molecule has 0 aliphatic heterocycles. The number of allylic oxidation sites excluding steroid dienone is 1. The van der Waals surface area contributed by atoms with Crippen LogP contribution in [-0.4, -0.2) is 6.54 Å². The van der Waals surface area contributed by atoms with E-state index in [1.165, 1.54) is 11.3 Å². The number of rotatable bonds is 6. The van der Waals surface area contributed by atoms with E-state index in [1.54, 1.807) is 11.8 Å². The molecule has 0 radical (unpaired) electrons. The average Bonchev–Trinajstić information content (AvgIpc) is 2.25. The van der Waals surface area contributed by atoms with Crippen molar-refractivity contribution in [1.82, 2.24) is 0 Å². The third kappa shape index (κ3) is 5.10. The van der Waals surface area contributed by atoms with Crippen LogP contribution < -0.4 is 5.73 Å². The first-order chi connectivity index (χ1) is 6.93. The zero-order valence-corrected chi connectivity index (χ0v) is 9.17. The van der Waals surface area contributed by atoms with E-state index >= 15 is 0 Å². The van der Waals surface area contributed by atoms with Crippen LogP contribution in [0.1, 0.15) is 19.3 Å². The van der Waals surface area contributed by atoms with Gasteiger partial charge in [-0.1, -0.05) is 36.0 Å². The normalized spacial score (nSPS) is 10.9. The summed E-state index contributed by atoms with van der Waals surface area (Å²) in [5, 5.41) is 2.16. The van der Waals surface area contributed by atoms with Gasteiger partial charge in [-0.05, 0) is 43.3 Å². The Hall–Kier alpha value is -0.730. The Kier molecular flexibility index (Phi) is 6.20. The summed E-state index contributed by atoms with van der Waals surface area (Å²) in [5.41, 5.74) is 5.41. The molecule has 76 valence electrons. The van der Waals surface area contributed by atoms with Crippen molar-refractivity contribution in [2.75, 3.05) is 6.54 Å². The second kappa shape index (κ2) is 7.65. The quantitative estimate of drug-likeness (QED) is 0.571. The fourth-order valence-corrected chi connectivity index (χ4v) is 1.80. The lowest BCUT2D eigenvalue weighted by atomic mass is 10.2. The van der Waals surface area contributed by atoms with Crippen LogP contribution in [0, 0.1) is 0 Å². The van der Waals surface area contributed by atoms with Crippen molar-refractivity contribution in [1.29, 1.82) is 0 Å². The van der Waals surface area contributed by atoms with Crippen LogP contribution in [0.5, 0.6) is 0 Å². The zero-order chi connectivity index (χ0) is 10.1. The molecular formula is C12H17NS. The minimum Gasteiger partial charge on any atom is -0.330 e. The summed E-state index contributed by atoms with van der Waals surface area (Å²) in [4.78, 5) is 1.29. The SMILES string of the molecule is NCCCC/C=C/Sc1ccccc1. The maximum atomic E-state index is 5.41. The van der Waals surface area contributed by atoms with Crippen molar-refractivity contribution >= 4 is 11.8 Å². The van der Waals surface area contributed by atoms with Gasteiger partial charge in [-0.25, -0.2) is 0 Å². The summed E-state index contributed by atoms with van der Waals surface area (Å²) in [6.45, 7) is 0.805. The lowest BCUT2D eigenvalue weighted by Gasteiger charge is -1.94. The summed E-state index contributed by atoms with van der Waals surface area (Å²) in [6, 6.07) is 10.4. The van der Waals surface area contributed by atoms with Gasteiger partial charge in [0, 0.05) is 4.90 Å². The number of hydrogen-bond donors (Lipinski definition) is 1. The molecule has 2 N–H and O–H groups in total. The van der Waals surface area contributed by atoms with E-state index in [9.17, 15) is 0 Å². The molecule has 0 amide bonds. The molecule has 14 heavy (non-hydrogen) atoms. The van der Waals surface area contributed by atoms with Gasteiger partial charge in [0.25, 0.3) is 0 Å². The van der Waals surface area contributed by atoms with Gasteiger partial charge in [-0.2, -0.15) is 0 Å². The standard InChI is InChI=1S/C12H17NS/c13-10-6-1-2-7-11-14-12-8-4-3-5-9-12/h3-5,7-9,11H,1-2,6,10,13H2/b11-7+. The minimum absolute atomic E-state index is 0.805. The number of hydrogen-bond acceptors (Lipinski definition) is 2. The van der Waals surface area contributed by atoms with Gasteiger partial charge in [0.2, 0.25) is 0 Å². The molecule has 0 saturated carbocycles. The molecule has 2 heteroatoms. The molecule has 0 saturated heterocycles. The van der Waals surface area contributed by atoms with Crippen molar-refractivity contribution in [3.8, 4) is 0 Å². The summed E-state index contributed by atoms with van der Waals surface area (Å²) in [6.07, 6.45) is 5.67. The Morgan fingerprint density at radius 1 is 1.14 bits per heavy atom. The van der Waals surface area contributed by atoms with Gasteiger partial charge < -0.3 is 5.73 Å². The fraction of sp³-hybridized carbons (Fsp3) is 0.333. The number of thioether (sulfide) groups is 1. The van der Waals surface area contributed by atoms with Crippen LogP contribution in [0.25, 0.3) is 0 Å². The van der Waals surface area contributed by atoms with Crippen LogP contribution >= 0.6 is 11.8 Å². The summed E-state index contributed by atoms with van der Waals surface area (Å²) < 4.78 is 0. The highest BCUT2D eigenvalue weighted by Gasteiger charge is 1.86. The summed E-state index contributed by atoms with van der Waals surface area (Å²) >= 11 is 1.77. The first-order valence-electron chi connectivity index (χ1n) is 5.00. The minimum atomic E-state index is 0.805. The van der Waals surface area contributed by atoms with Gasteiger partial charge in [0.1, 0.15) is 0 Å². The Morgan fingerprint density at radius 3 is 2.64 bits per heavy atom. The Labute approximate surface area is 90.4 Å². The van der Waals surface area contributed by atoms with E-state index in [1.807, 2.05) is 6.07 Å². The van der Waals surface area contributed by atoms with E-state index in [4.69, 9.17) is 5.73 Å². The molecule has 1 rings (SSSR count). The van der Waals surface area contributed by atoms with Crippen molar-refractivity contribution in [2.45, 2.75) is 24.2 Å². The van der Waals surface area contributed by atoms with E-state index in [0.717, 1.165) is 19.4 Å². The molecule has 0 spiro atoms. The van der Waals surface area contributed by atoms with Crippen molar-refractivity contribution in [3.05, 3.63) is 41.8 Å². The monoisotopic (exact) mass is 207 g/mol. The van der Waals surface area contributed by atoms with Crippen LogP contribution in [0.2, 0.25) is 0 Å². The van der Waals surface area contributed by atoms with Gasteiger partial charge in [0.15, 0.2) is 0 Å². The predicted octanol–water partition coefficient (Wildman–Crippen LogP) is 3.42. The van der Waals surface area contributed by atoms with E-state index in [0.29, 0.717) is 0 Å². The molecule has 0 heterocycles. The first-order valence-corrected chi connectivity index (χ1v) is 5.88. The van der Waals surface area contributed by atoms with Gasteiger partial charge in [0.05, 0.1) is 0 Å². The molecule has 0 aliphatic carbocycles. The van der Waals surface area contributed by atoms with Crippen molar-refractivity contribution in [2.24, 2.45) is 5.73 Å². The fourth-order valence-electron chi connectivity index (χ4n) is 1.10. The maximum Gasteiger partial charge on any atom is 0.0116 e. The maximum absolute atomic E-state index is 5.41. The summed E-state index contributed by atoms with van der Waals surface area (Å²) in [5.74, 6) is 0. The Morgan fingerprint density at radius 2 is 1.93 bits per heavy atom. The smallest absolute Gasteiger partial charge is 0.0116 e. The zero-order valence-electron chi connectivity index (χ0n) is 8.36. The first kappa shape index (κ1) is 11.3. The molecule has 1 aromatic carbocycles. The molecule has 0 fully saturated rings. The number of unbranched alkanes of at least 4 members (excludes halogenated alkanes) is 2. The highest BCUT2D eigenvalue weighted by atomic mass is 32.2. The predicted molar refractivity (Wildman–Crippen MR) is 64.3 cm³/mol. The summed E-state index contributed by atoms with van der Waals surface area (Å²) in [7, 11) is 0. The largest absolute Gasteiger partial charge is 0.330 e. The lowest BCUT2D eigenvalue weighted by molar-refractivity contribution is 0.759. The third-order valence-electron chi connectivity index (χ3n) is 1.87. The van der Waals surface area contributed by atoms with Gasteiger partial charge in [-0.15, -0.1) is 0 Å². The molecule has 1 nitrogen and oxygen atoms in total. The highest BCUT2D eigenvalue weighted by molar-refractivity contribution is 8.02. The number of nitrogens with two attached hydrogens (primary N) is 1. The van der Waals surface area contributed by atoms with Crippen LogP contribution in [0.15, 0.2) is 46.7 Å². The molecule has 1 aromatic rings. The van der Waals surface area contributed by atoms with Crippen molar-refractivity contribution in [3.63, 3.8) is 0 Å². The Bertz CT molecular complexity index is 256. The lowest BCUT2D eigenvalue weighted by Crippen LogP contribution is -1.96. The second-order valence-electron chi connectivity index (χ2n) is 3.09. The van der Waals surface area contributed by atoms with Gasteiger partial charge in [-0.3, -0.25) is 0 Å². The van der Waals surface area contributed by atoms with Crippen molar-refractivity contribution < 1.29 is 0 Å². The Balaban J connectivity index is 2.14. The number of benzene rings is 1. The second-order valence-corrected chi connectivity index (χ2v) is 4.07. The molecule has 0 unspecified atom stereocenters. The van der Waals surface area contributed by atoms with Crippen LogP contribution in [0.4, 0.5) is 0 Å². The topological polar surface area (TPSA) is 26.0 Å². The average molecular weight is 207 g/mol. The highest BCUT2D eigenvalue weighted by Crippen LogP contribution is 2.18. The van der Waals surface area contributed by atoms with Gasteiger partial charge >= 0.3 is 0 Å². The molecule has 0 atom stereocenters. The third-order valence-corrected chi connectivity index (χ3v) is 2.74. The van der Waals surface area contributed by atoms with E-state index < -0.39 is 0 Å². The molecule has 0 aliphatic rings.